The van der Waals surface area contributed by atoms with Crippen LogP contribution in [0.1, 0.15) is 40.0 Å². The highest BCUT2D eigenvalue weighted by molar-refractivity contribution is 5.04. The van der Waals surface area contributed by atoms with Crippen molar-refractivity contribution in [3.63, 3.8) is 0 Å². The fraction of sp³-hybridized carbons (Fsp3) is 0.917. The van der Waals surface area contributed by atoms with Crippen LogP contribution in [0.2, 0.25) is 0 Å². The summed E-state index contributed by atoms with van der Waals surface area (Å²) in [4.78, 5) is 2.49. The second-order valence-electron chi connectivity index (χ2n) is 4.58. The number of hydrogen-bond donors (Lipinski definition) is 1. The van der Waals surface area contributed by atoms with Gasteiger partial charge in [-0.05, 0) is 39.3 Å². The Morgan fingerprint density at radius 1 is 1.47 bits per heavy atom. The standard InChI is InChI=1S/C12H23N3/c1-4-14-12(3,10-13)8-9-15(5-2)11-6-7-11/h11,14H,4-9H2,1-3H3. The Bertz CT molecular complexity index is 230. The molecule has 1 atom stereocenters. The molecule has 0 heterocycles. The molecule has 0 spiro atoms. The van der Waals surface area contributed by atoms with Crippen LogP contribution in [0, 0.1) is 11.3 Å². The fourth-order valence-corrected chi connectivity index (χ4v) is 1.98. The Morgan fingerprint density at radius 3 is 2.53 bits per heavy atom. The Hall–Kier alpha value is -0.590. The molecule has 1 aliphatic rings. The maximum atomic E-state index is 9.13. The summed E-state index contributed by atoms with van der Waals surface area (Å²) in [6.45, 7) is 9.26. The van der Waals surface area contributed by atoms with Gasteiger partial charge < -0.3 is 4.90 Å². The van der Waals surface area contributed by atoms with E-state index in [4.69, 9.17) is 5.26 Å². The van der Waals surface area contributed by atoms with Crippen LogP contribution in [0.3, 0.4) is 0 Å². The monoisotopic (exact) mass is 209 g/mol. The zero-order valence-electron chi connectivity index (χ0n) is 10.2. The van der Waals surface area contributed by atoms with E-state index in [0.717, 1.165) is 32.1 Å². The number of nitriles is 1. The van der Waals surface area contributed by atoms with Gasteiger partial charge in [0.25, 0.3) is 0 Å². The van der Waals surface area contributed by atoms with Gasteiger partial charge in [0.15, 0.2) is 0 Å². The van der Waals surface area contributed by atoms with Crippen LogP contribution >= 0.6 is 0 Å². The van der Waals surface area contributed by atoms with Crippen LogP contribution in [0.15, 0.2) is 0 Å². The lowest BCUT2D eigenvalue weighted by molar-refractivity contribution is 0.247. The van der Waals surface area contributed by atoms with Gasteiger partial charge in [-0.1, -0.05) is 13.8 Å². The molecule has 1 rings (SSSR count). The molecule has 1 unspecified atom stereocenters. The predicted molar refractivity (Wildman–Crippen MR) is 62.6 cm³/mol. The summed E-state index contributed by atoms with van der Waals surface area (Å²) >= 11 is 0. The molecule has 0 amide bonds. The van der Waals surface area contributed by atoms with Gasteiger partial charge in [-0.3, -0.25) is 5.32 Å². The SMILES string of the molecule is CCNC(C)(C#N)CCN(CC)C1CC1. The predicted octanol–water partition coefficient (Wildman–Crippen LogP) is 1.75. The van der Waals surface area contributed by atoms with Crippen molar-refractivity contribution in [1.29, 1.82) is 5.26 Å². The lowest BCUT2D eigenvalue weighted by atomic mass is 9.99. The molecule has 0 aromatic carbocycles. The quantitative estimate of drug-likeness (QED) is 0.694. The summed E-state index contributed by atoms with van der Waals surface area (Å²) in [5.74, 6) is 0. The van der Waals surface area contributed by atoms with Crippen LogP contribution in [-0.4, -0.2) is 36.1 Å². The highest BCUT2D eigenvalue weighted by Gasteiger charge is 2.30. The molecule has 0 saturated heterocycles. The molecule has 1 aliphatic carbocycles. The molecular weight excluding hydrogens is 186 g/mol. The van der Waals surface area contributed by atoms with Crippen molar-refractivity contribution >= 4 is 0 Å². The van der Waals surface area contributed by atoms with E-state index in [2.05, 4.69) is 23.2 Å². The van der Waals surface area contributed by atoms with Gasteiger partial charge in [-0.2, -0.15) is 5.26 Å². The summed E-state index contributed by atoms with van der Waals surface area (Å²) in [5, 5.41) is 12.4. The zero-order chi connectivity index (χ0) is 11.3. The molecule has 3 nitrogen and oxygen atoms in total. The van der Waals surface area contributed by atoms with Gasteiger partial charge in [0.1, 0.15) is 5.54 Å². The van der Waals surface area contributed by atoms with Crippen LogP contribution in [0.5, 0.6) is 0 Å². The van der Waals surface area contributed by atoms with E-state index in [9.17, 15) is 0 Å². The van der Waals surface area contributed by atoms with Crippen molar-refractivity contribution in [1.82, 2.24) is 10.2 Å². The van der Waals surface area contributed by atoms with Crippen molar-refractivity contribution in [2.24, 2.45) is 0 Å². The first-order chi connectivity index (χ1) is 7.15. The summed E-state index contributed by atoms with van der Waals surface area (Å²) < 4.78 is 0. The summed E-state index contributed by atoms with van der Waals surface area (Å²) in [6, 6.07) is 3.19. The van der Waals surface area contributed by atoms with Gasteiger partial charge in [0.05, 0.1) is 6.07 Å². The van der Waals surface area contributed by atoms with Gasteiger partial charge >= 0.3 is 0 Å². The van der Waals surface area contributed by atoms with Crippen molar-refractivity contribution in [2.75, 3.05) is 19.6 Å². The van der Waals surface area contributed by atoms with E-state index in [1.807, 2.05) is 13.8 Å². The van der Waals surface area contributed by atoms with Crippen LogP contribution in [0.4, 0.5) is 0 Å². The Labute approximate surface area is 93.5 Å². The first kappa shape index (κ1) is 12.5. The topological polar surface area (TPSA) is 39.1 Å². The lowest BCUT2D eigenvalue weighted by Gasteiger charge is -2.27. The third-order valence-corrected chi connectivity index (χ3v) is 3.18. The maximum Gasteiger partial charge on any atom is 0.105 e. The Kier molecular flexibility index (Phi) is 4.56. The smallest absolute Gasteiger partial charge is 0.105 e. The molecule has 1 saturated carbocycles. The number of nitrogens with one attached hydrogen (secondary N) is 1. The van der Waals surface area contributed by atoms with E-state index >= 15 is 0 Å². The molecular formula is C12H23N3. The minimum atomic E-state index is -0.350. The van der Waals surface area contributed by atoms with Gasteiger partial charge in [-0.15, -0.1) is 0 Å². The maximum absolute atomic E-state index is 9.13. The number of hydrogen-bond acceptors (Lipinski definition) is 3. The summed E-state index contributed by atoms with van der Waals surface area (Å²) in [7, 11) is 0. The highest BCUT2D eigenvalue weighted by atomic mass is 15.2. The second-order valence-corrected chi connectivity index (χ2v) is 4.58. The van der Waals surface area contributed by atoms with Crippen LogP contribution in [0.25, 0.3) is 0 Å². The third-order valence-electron chi connectivity index (χ3n) is 3.18. The van der Waals surface area contributed by atoms with Crippen molar-refractivity contribution in [3.8, 4) is 6.07 Å². The fourth-order valence-electron chi connectivity index (χ4n) is 1.98. The van der Waals surface area contributed by atoms with Crippen LogP contribution < -0.4 is 5.32 Å². The zero-order valence-corrected chi connectivity index (χ0v) is 10.2. The van der Waals surface area contributed by atoms with Crippen molar-refractivity contribution in [2.45, 2.75) is 51.6 Å². The number of rotatable bonds is 7. The number of nitrogens with zero attached hydrogens (tertiary/aromatic N) is 2. The molecule has 86 valence electrons. The highest BCUT2D eigenvalue weighted by Crippen LogP contribution is 2.27. The minimum absolute atomic E-state index is 0.350. The molecule has 0 radical (unpaired) electrons. The van der Waals surface area contributed by atoms with Gasteiger partial charge in [0, 0.05) is 12.6 Å². The van der Waals surface area contributed by atoms with E-state index < -0.39 is 0 Å². The molecule has 3 heteroatoms. The average Bonchev–Trinajstić information content (AvgIpc) is 3.03. The van der Waals surface area contributed by atoms with Gasteiger partial charge in [0.2, 0.25) is 0 Å². The lowest BCUT2D eigenvalue weighted by Crippen LogP contribution is -2.44. The van der Waals surface area contributed by atoms with E-state index in [1.165, 1.54) is 12.8 Å². The Balaban J connectivity index is 2.35. The summed E-state index contributed by atoms with van der Waals surface area (Å²) in [6.07, 6.45) is 3.61. The summed E-state index contributed by atoms with van der Waals surface area (Å²) in [5.41, 5.74) is -0.350. The third kappa shape index (κ3) is 3.81. The molecule has 0 aromatic rings. The van der Waals surface area contributed by atoms with Crippen LogP contribution in [-0.2, 0) is 0 Å². The molecule has 0 aliphatic heterocycles. The van der Waals surface area contributed by atoms with Crippen molar-refractivity contribution in [3.05, 3.63) is 0 Å². The van der Waals surface area contributed by atoms with E-state index in [0.29, 0.717) is 0 Å². The first-order valence-corrected chi connectivity index (χ1v) is 6.05. The van der Waals surface area contributed by atoms with Crippen molar-refractivity contribution < 1.29 is 0 Å². The van der Waals surface area contributed by atoms with E-state index in [1.54, 1.807) is 0 Å². The Morgan fingerprint density at radius 2 is 2.13 bits per heavy atom. The molecule has 0 bridgehead atoms. The normalized spacial score (nSPS) is 19.9. The minimum Gasteiger partial charge on any atom is -0.301 e. The molecule has 1 fully saturated rings. The second kappa shape index (κ2) is 5.48. The van der Waals surface area contributed by atoms with E-state index in [-0.39, 0.29) is 5.54 Å². The average molecular weight is 209 g/mol. The molecule has 15 heavy (non-hydrogen) atoms. The largest absolute Gasteiger partial charge is 0.301 e. The first-order valence-electron chi connectivity index (χ1n) is 6.05. The van der Waals surface area contributed by atoms with Gasteiger partial charge in [-0.25, -0.2) is 0 Å². The molecule has 0 aromatic heterocycles. The molecule has 1 N–H and O–H groups in total.